The van der Waals surface area contributed by atoms with Gasteiger partial charge in [-0.3, -0.25) is 0 Å². The molecule has 21 heavy (non-hydrogen) atoms. The second-order valence-corrected chi connectivity index (χ2v) is 6.21. The van der Waals surface area contributed by atoms with E-state index in [1.54, 1.807) is 0 Å². The van der Waals surface area contributed by atoms with Crippen molar-refractivity contribution in [2.75, 3.05) is 37.8 Å². The van der Waals surface area contributed by atoms with Gasteiger partial charge < -0.3 is 20.1 Å². The van der Waals surface area contributed by atoms with Crippen molar-refractivity contribution in [3.8, 4) is 5.75 Å². The van der Waals surface area contributed by atoms with Crippen LogP contribution in [0.1, 0.15) is 25.7 Å². The first-order valence-corrected chi connectivity index (χ1v) is 8.12. The van der Waals surface area contributed by atoms with Gasteiger partial charge in [0.2, 0.25) is 0 Å². The third kappa shape index (κ3) is 4.11. The zero-order valence-electron chi connectivity index (χ0n) is 12.7. The maximum atomic E-state index is 6.07. The molecule has 0 bridgehead atoms. The van der Waals surface area contributed by atoms with Crippen molar-refractivity contribution in [2.24, 2.45) is 11.7 Å². The van der Waals surface area contributed by atoms with Gasteiger partial charge in [-0.2, -0.15) is 0 Å². The number of anilines is 1. The van der Waals surface area contributed by atoms with Crippen LogP contribution in [0.3, 0.4) is 0 Å². The molecule has 4 heteroatoms. The third-order valence-electron chi connectivity index (χ3n) is 4.47. The van der Waals surface area contributed by atoms with E-state index in [0.717, 1.165) is 57.9 Å². The molecular weight excluding hydrogens is 264 g/mol. The molecule has 2 aliphatic heterocycles. The summed E-state index contributed by atoms with van der Waals surface area (Å²) < 4.78 is 11.4. The highest BCUT2D eigenvalue weighted by Gasteiger charge is 2.18. The van der Waals surface area contributed by atoms with Gasteiger partial charge in [0.05, 0.1) is 6.61 Å². The topological polar surface area (TPSA) is 47.7 Å². The van der Waals surface area contributed by atoms with Crippen LogP contribution in [0.4, 0.5) is 5.69 Å². The lowest BCUT2D eigenvalue weighted by atomic mass is 10.0. The van der Waals surface area contributed by atoms with Gasteiger partial charge in [0.1, 0.15) is 5.75 Å². The molecule has 0 saturated carbocycles. The summed E-state index contributed by atoms with van der Waals surface area (Å²) in [5.41, 5.74) is 7.30. The molecule has 2 heterocycles. The highest BCUT2D eigenvalue weighted by Crippen LogP contribution is 2.25. The molecule has 2 N–H and O–H groups in total. The third-order valence-corrected chi connectivity index (χ3v) is 4.47. The molecule has 0 radical (unpaired) electrons. The van der Waals surface area contributed by atoms with E-state index in [9.17, 15) is 0 Å². The molecule has 2 fully saturated rings. The van der Waals surface area contributed by atoms with Crippen molar-refractivity contribution in [2.45, 2.75) is 31.7 Å². The Morgan fingerprint density at radius 2 is 2.10 bits per heavy atom. The van der Waals surface area contributed by atoms with Gasteiger partial charge in [-0.15, -0.1) is 0 Å². The van der Waals surface area contributed by atoms with Crippen LogP contribution in [0.15, 0.2) is 24.3 Å². The number of rotatable bonds is 4. The van der Waals surface area contributed by atoms with E-state index in [1.165, 1.54) is 12.1 Å². The lowest BCUT2D eigenvalue weighted by molar-refractivity contribution is 0.0497. The molecule has 2 aliphatic rings. The predicted molar refractivity (Wildman–Crippen MR) is 84.9 cm³/mol. The molecule has 1 atom stereocenters. The van der Waals surface area contributed by atoms with Crippen LogP contribution in [0.2, 0.25) is 0 Å². The Kier molecular flexibility index (Phi) is 4.99. The molecule has 1 unspecified atom stereocenters. The molecule has 1 aromatic carbocycles. The van der Waals surface area contributed by atoms with E-state index in [0.29, 0.717) is 12.0 Å². The second-order valence-electron chi connectivity index (χ2n) is 6.21. The van der Waals surface area contributed by atoms with Gasteiger partial charge in [0.25, 0.3) is 0 Å². The summed E-state index contributed by atoms with van der Waals surface area (Å²) in [7, 11) is 0. The molecule has 0 spiro atoms. The van der Waals surface area contributed by atoms with Crippen LogP contribution in [0.5, 0.6) is 5.75 Å². The number of piperidine rings is 1. The van der Waals surface area contributed by atoms with Crippen LogP contribution in [-0.2, 0) is 4.74 Å². The Morgan fingerprint density at radius 1 is 1.24 bits per heavy atom. The fourth-order valence-corrected chi connectivity index (χ4v) is 3.14. The lowest BCUT2D eigenvalue weighted by Gasteiger charge is -2.32. The SMILES string of the molecule is NC1CCCN(c2cccc(OCC3CCOCC3)c2)C1. The van der Waals surface area contributed by atoms with Crippen molar-refractivity contribution in [1.29, 1.82) is 0 Å². The van der Waals surface area contributed by atoms with Crippen LogP contribution >= 0.6 is 0 Å². The number of hydrogen-bond donors (Lipinski definition) is 1. The number of ether oxygens (including phenoxy) is 2. The van der Waals surface area contributed by atoms with E-state index in [4.69, 9.17) is 15.2 Å². The summed E-state index contributed by atoms with van der Waals surface area (Å²) in [4.78, 5) is 2.37. The van der Waals surface area contributed by atoms with Crippen molar-refractivity contribution in [3.05, 3.63) is 24.3 Å². The molecule has 1 aromatic rings. The fourth-order valence-electron chi connectivity index (χ4n) is 3.14. The monoisotopic (exact) mass is 290 g/mol. The van der Waals surface area contributed by atoms with Gasteiger partial charge in [0, 0.05) is 44.1 Å². The van der Waals surface area contributed by atoms with Crippen LogP contribution < -0.4 is 15.4 Å². The van der Waals surface area contributed by atoms with Crippen molar-refractivity contribution < 1.29 is 9.47 Å². The molecule has 116 valence electrons. The first-order chi connectivity index (χ1) is 10.3. The quantitative estimate of drug-likeness (QED) is 0.925. The summed E-state index contributed by atoms with van der Waals surface area (Å²) >= 11 is 0. The Hall–Kier alpha value is -1.26. The zero-order valence-corrected chi connectivity index (χ0v) is 12.7. The van der Waals surface area contributed by atoms with Crippen LogP contribution in [-0.4, -0.2) is 39.0 Å². The smallest absolute Gasteiger partial charge is 0.121 e. The largest absolute Gasteiger partial charge is 0.493 e. The van der Waals surface area contributed by atoms with Gasteiger partial charge >= 0.3 is 0 Å². The van der Waals surface area contributed by atoms with E-state index in [1.807, 2.05) is 6.07 Å². The van der Waals surface area contributed by atoms with Crippen molar-refractivity contribution in [3.63, 3.8) is 0 Å². The summed E-state index contributed by atoms with van der Waals surface area (Å²) in [6.07, 6.45) is 4.53. The number of nitrogens with zero attached hydrogens (tertiary/aromatic N) is 1. The Balaban J connectivity index is 1.57. The number of hydrogen-bond acceptors (Lipinski definition) is 4. The molecule has 4 nitrogen and oxygen atoms in total. The van der Waals surface area contributed by atoms with Gasteiger partial charge in [-0.25, -0.2) is 0 Å². The molecule has 0 aromatic heterocycles. The molecule has 0 amide bonds. The van der Waals surface area contributed by atoms with Crippen LogP contribution in [0, 0.1) is 5.92 Å². The Labute approximate surface area is 127 Å². The second kappa shape index (κ2) is 7.14. The number of nitrogens with two attached hydrogens (primary N) is 1. The maximum absolute atomic E-state index is 6.07. The average Bonchev–Trinajstić information content (AvgIpc) is 2.54. The number of benzene rings is 1. The van der Waals surface area contributed by atoms with E-state index in [2.05, 4.69) is 23.1 Å². The highest BCUT2D eigenvalue weighted by molar-refractivity contribution is 5.51. The normalized spacial score (nSPS) is 24.0. The summed E-state index contributed by atoms with van der Waals surface area (Å²) in [6.45, 7) is 4.59. The summed E-state index contributed by atoms with van der Waals surface area (Å²) in [5, 5.41) is 0. The van der Waals surface area contributed by atoms with Gasteiger partial charge in [-0.05, 0) is 43.7 Å². The van der Waals surface area contributed by atoms with E-state index >= 15 is 0 Å². The standard InChI is InChI=1S/C17H26N2O2/c18-15-3-2-8-19(12-15)16-4-1-5-17(11-16)21-13-14-6-9-20-10-7-14/h1,4-5,11,14-15H,2-3,6-10,12-13,18H2. The van der Waals surface area contributed by atoms with E-state index < -0.39 is 0 Å². The van der Waals surface area contributed by atoms with E-state index in [-0.39, 0.29) is 0 Å². The first-order valence-electron chi connectivity index (χ1n) is 8.12. The van der Waals surface area contributed by atoms with Gasteiger partial charge in [-0.1, -0.05) is 6.07 Å². The fraction of sp³-hybridized carbons (Fsp3) is 0.647. The van der Waals surface area contributed by atoms with Crippen LogP contribution in [0.25, 0.3) is 0 Å². The first kappa shape index (κ1) is 14.7. The van der Waals surface area contributed by atoms with Crippen molar-refractivity contribution >= 4 is 5.69 Å². The molecular formula is C17H26N2O2. The predicted octanol–water partition coefficient (Wildman–Crippen LogP) is 2.42. The summed E-state index contributed by atoms with van der Waals surface area (Å²) in [5.74, 6) is 1.60. The molecule has 3 rings (SSSR count). The highest BCUT2D eigenvalue weighted by atomic mass is 16.5. The Bertz CT molecular complexity index is 446. The maximum Gasteiger partial charge on any atom is 0.121 e. The minimum absolute atomic E-state index is 0.297. The average molecular weight is 290 g/mol. The van der Waals surface area contributed by atoms with Crippen molar-refractivity contribution in [1.82, 2.24) is 0 Å². The van der Waals surface area contributed by atoms with Gasteiger partial charge in [0.15, 0.2) is 0 Å². The zero-order chi connectivity index (χ0) is 14.5. The minimum atomic E-state index is 0.297. The minimum Gasteiger partial charge on any atom is -0.493 e. The Morgan fingerprint density at radius 3 is 2.90 bits per heavy atom. The molecule has 2 saturated heterocycles. The summed E-state index contributed by atoms with van der Waals surface area (Å²) in [6, 6.07) is 8.73. The molecule has 0 aliphatic carbocycles. The lowest BCUT2D eigenvalue weighted by Crippen LogP contribution is -2.42.